The third-order valence-corrected chi connectivity index (χ3v) is 6.40. The van der Waals surface area contributed by atoms with Gasteiger partial charge in [-0.2, -0.15) is 5.10 Å². The lowest BCUT2D eigenvalue weighted by Gasteiger charge is -2.35. The molecule has 180 valence electrons. The number of benzene rings is 2. The molecule has 0 N–H and O–H groups in total. The van der Waals surface area contributed by atoms with Gasteiger partial charge >= 0.3 is 6.09 Å². The first-order valence-electron chi connectivity index (χ1n) is 11.6. The molecule has 1 aliphatic heterocycles. The van der Waals surface area contributed by atoms with Crippen LogP contribution in [0, 0.1) is 11.6 Å². The number of ether oxygens (including phenoxy) is 2. The van der Waals surface area contributed by atoms with Gasteiger partial charge in [0.15, 0.2) is 0 Å². The van der Waals surface area contributed by atoms with Crippen molar-refractivity contribution in [2.75, 3.05) is 12.0 Å². The SMILES string of the molecule is CCC(CC)n1cc(-c2ccc3c(c2Oc2cc(F)cc(F)c2)CC[C@H](C)N3C(=O)OC)cn1. The van der Waals surface area contributed by atoms with E-state index in [1.165, 1.54) is 7.11 Å². The number of aromatic nitrogens is 2. The summed E-state index contributed by atoms with van der Waals surface area (Å²) in [6, 6.07) is 7.00. The van der Waals surface area contributed by atoms with Gasteiger partial charge in [-0.15, -0.1) is 0 Å². The molecule has 0 spiro atoms. The molecule has 1 aromatic heterocycles. The molecule has 1 atom stereocenters. The van der Waals surface area contributed by atoms with Gasteiger partial charge in [-0.05, 0) is 44.7 Å². The van der Waals surface area contributed by atoms with Crippen LogP contribution >= 0.6 is 0 Å². The Bertz CT molecular complexity index is 1170. The van der Waals surface area contributed by atoms with E-state index in [-0.39, 0.29) is 17.8 Å². The van der Waals surface area contributed by atoms with Gasteiger partial charge in [0.2, 0.25) is 0 Å². The third-order valence-electron chi connectivity index (χ3n) is 6.40. The lowest BCUT2D eigenvalue weighted by atomic mass is 9.92. The number of fused-ring (bicyclic) bond motifs is 1. The van der Waals surface area contributed by atoms with Crippen molar-refractivity contribution in [1.29, 1.82) is 0 Å². The van der Waals surface area contributed by atoms with Crippen LogP contribution < -0.4 is 9.64 Å². The zero-order valence-electron chi connectivity index (χ0n) is 19.8. The number of nitrogens with zero attached hydrogens (tertiary/aromatic N) is 3. The fraction of sp³-hybridized carbons (Fsp3) is 0.385. The Morgan fingerprint density at radius 1 is 1.18 bits per heavy atom. The number of anilines is 1. The first-order chi connectivity index (χ1) is 16.4. The Hall–Kier alpha value is -3.42. The Labute approximate surface area is 198 Å². The lowest BCUT2D eigenvalue weighted by Crippen LogP contribution is -2.42. The summed E-state index contributed by atoms with van der Waals surface area (Å²) in [6.45, 7) is 6.18. The van der Waals surface area contributed by atoms with Crippen molar-refractivity contribution < 1.29 is 23.0 Å². The van der Waals surface area contributed by atoms with Gasteiger partial charge in [0, 0.05) is 47.1 Å². The summed E-state index contributed by atoms with van der Waals surface area (Å²) in [5.41, 5.74) is 3.00. The van der Waals surface area contributed by atoms with Crippen LogP contribution in [0.1, 0.15) is 51.6 Å². The molecule has 8 heteroatoms. The number of carbonyl (C=O) groups excluding carboxylic acids is 1. The van der Waals surface area contributed by atoms with E-state index in [2.05, 4.69) is 18.9 Å². The zero-order chi connectivity index (χ0) is 24.4. The Balaban J connectivity index is 1.87. The molecule has 0 unspecified atom stereocenters. The minimum atomic E-state index is -0.729. The third kappa shape index (κ3) is 4.49. The summed E-state index contributed by atoms with van der Waals surface area (Å²) in [5, 5.41) is 4.55. The Kier molecular flexibility index (Phi) is 6.86. The van der Waals surface area contributed by atoms with E-state index in [4.69, 9.17) is 9.47 Å². The van der Waals surface area contributed by atoms with E-state index in [1.807, 2.05) is 29.9 Å². The molecule has 0 bridgehead atoms. The Morgan fingerprint density at radius 3 is 2.53 bits per heavy atom. The summed E-state index contributed by atoms with van der Waals surface area (Å²) in [7, 11) is 1.34. The van der Waals surface area contributed by atoms with E-state index >= 15 is 0 Å². The second-order valence-corrected chi connectivity index (χ2v) is 8.55. The van der Waals surface area contributed by atoms with Gasteiger partial charge in [0.05, 0.1) is 25.0 Å². The van der Waals surface area contributed by atoms with Crippen LogP contribution in [0.2, 0.25) is 0 Å². The maximum absolute atomic E-state index is 13.9. The van der Waals surface area contributed by atoms with Gasteiger partial charge in [0.1, 0.15) is 23.1 Å². The molecule has 0 fully saturated rings. The second kappa shape index (κ2) is 9.83. The highest BCUT2D eigenvalue weighted by molar-refractivity contribution is 5.92. The fourth-order valence-corrected chi connectivity index (χ4v) is 4.57. The van der Waals surface area contributed by atoms with Gasteiger partial charge in [-0.3, -0.25) is 9.58 Å². The van der Waals surface area contributed by atoms with Crippen LogP contribution in [0.15, 0.2) is 42.7 Å². The average Bonchev–Trinajstić information content (AvgIpc) is 3.28. The minimum Gasteiger partial charge on any atom is -0.456 e. The topological polar surface area (TPSA) is 56.6 Å². The standard InChI is InChI=1S/C26H29F2N3O3/c1-5-20(6-2)30-15-17(14-29-30)22-9-10-24-23(8-7-16(3)31(24)26(32)33-4)25(22)34-21-12-18(27)11-19(28)13-21/h9-16,20H,5-8H2,1-4H3/t16-/m0/s1. The summed E-state index contributed by atoms with van der Waals surface area (Å²) in [5.74, 6) is -0.962. The van der Waals surface area contributed by atoms with Crippen LogP contribution in [0.5, 0.6) is 11.5 Å². The number of amides is 1. The first kappa shape index (κ1) is 23.7. The van der Waals surface area contributed by atoms with Crippen LogP contribution in [-0.2, 0) is 11.2 Å². The largest absolute Gasteiger partial charge is 0.456 e. The molecule has 3 aromatic rings. The van der Waals surface area contributed by atoms with E-state index < -0.39 is 17.7 Å². The lowest BCUT2D eigenvalue weighted by molar-refractivity contribution is 0.175. The highest BCUT2D eigenvalue weighted by Gasteiger charge is 2.32. The quantitative estimate of drug-likeness (QED) is 0.394. The smallest absolute Gasteiger partial charge is 0.414 e. The van der Waals surface area contributed by atoms with E-state index in [0.29, 0.717) is 24.3 Å². The number of halogens is 2. The molecule has 0 saturated heterocycles. The van der Waals surface area contributed by atoms with Gasteiger partial charge in [-0.1, -0.05) is 13.8 Å². The predicted octanol–water partition coefficient (Wildman–Crippen LogP) is 6.89. The minimum absolute atomic E-state index is 0.0442. The summed E-state index contributed by atoms with van der Waals surface area (Å²) < 4.78 is 40.9. The second-order valence-electron chi connectivity index (χ2n) is 8.55. The number of methoxy groups -OCH3 is 1. The molecule has 4 rings (SSSR count). The highest BCUT2D eigenvalue weighted by atomic mass is 19.1. The molecule has 2 aromatic carbocycles. The predicted molar refractivity (Wildman–Crippen MR) is 126 cm³/mol. The molecular weight excluding hydrogens is 440 g/mol. The van der Waals surface area contributed by atoms with E-state index in [0.717, 1.165) is 47.7 Å². The zero-order valence-corrected chi connectivity index (χ0v) is 19.8. The first-order valence-corrected chi connectivity index (χ1v) is 11.6. The maximum atomic E-state index is 13.9. The molecule has 6 nitrogen and oxygen atoms in total. The highest BCUT2D eigenvalue weighted by Crippen LogP contribution is 2.45. The van der Waals surface area contributed by atoms with Crippen molar-refractivity contribution in [3.63, 3.8) is 0 Å². The van der Waals surface area contributed by atoms with Crippen molar-refractivity contribution in [3.05, 3.63) is 59.9 Å². The summed E-state index contributed by atoms with van der Waals surface area (Å²) in [6.07, 6.45) is 6.47. The molecule has 0 aliphatic carbocycles. The number of rotatable bonds is 6. The van der Waals surface area contributed by atoms with Crippen molar-refractivity contribution in [2.45, 2.75) is 58.5 Å². The molecular formula is C26H29F2N3O3. The maximum Gasteiger partial charge on any atom is 0.414 e. The fourth-order valence-electron chi connectivity index (χ4n) is 4.57. The normalized spacial score (nSPS) is 15.4. The van der Waals surface area contributed by atoms with E-state index in [1.54, 1.807) is 11.1 Å². The van der Waals surface area contributed by atoms with Crippen molar-refractivity contribution in [3.8, 4) is 22.6 Å². The Morgan fingerprint density at radius 2 is 1.88 bits per heavy atom. The summed E-state index contributed by atoms with van der Waals surface area (Å²) >= 11 is 0. The van der Waals surface area contributed by atoms with Crippen LogP contribution in [0.25, 0.3) is 11.1 Å². The average molecular weight is 470 g/mol. The van der Waals surface area contributed by atoms with Crippen molar-refractivity contribution in [2.24, 2.45) is 0 Å². The molecule has 1 amide bonds. The number of carbonyl (C=O) groups is 1. The van der Waals surface area contributed by atoms with E-state index in [9.17, 15) is 13.6 Å². The van der Waals surface area contributed by atoms with Crippen LogP contribution in [0.3, 0.4) is 0 Å². The van der Waals surface area contributed by atoms with Gasteiger partial charge in [-0.25, -0.2) is 13.6 Å². The van der Waals surface area contributed by atoms with Crippen LogP contribution in [-0.4, -0.2) is 29.0 Å². The number of hydrogen-bond donors (Lipinski definition) is 0. The number of hydrogen-bond acceptors (Lipinski definition) is 4. The van der Waals surface area contributed by atoms with Crippen LogP contribution in [0.4, 0.5) is 19.3 Å². The van der Waals surface area contributed by atoms with Crippen molar-refractivity contribution >= 4 is 11.8 Å². The molecule has 0 saturated carbocycles. The van der Waals surface area contributed by atoms with Crippen molar-refractivity contribution in [1.82, 2.24) is 9.78 Å². The monoisotopic (exact) mass is 469 g/mol. The summed E-state index contributed by atoms with van der Waals surface area (Å²) in [4.78, 5) is 14.1. The van der Waals surface area contributed by atoms with Gasteiger partial charge < -0.3 is 9.47 Å². The van der Waals surface area contributed by atoms with Gasteiger partial charge in [0.25, 0.3) is 0 Å². The molecule has 0 radical (unpaired) electrons. The molecule has 34 heavy (non-hydrogen) atoms. The molecule has 1 aliphatic rings. The molecule has 2 heterocycles.